The van der Waals surface area contributed by atoms with E-state index < -0.39 is 0 Å². The van der Waals surface area contributed by atoms with E-state index in [1.54, 1.807) is 4.90 Å². The van der Waals surface area contributed by atoms with E-state index in [0.717, 1.165) is 51.2 Å². The Hall–Kier alpha value is -0.570. The minimum absolute atomic E-state index is 0. The van der Waals surface area contributed by atoms with Crippen molar-refractivity contribution in [1.82, 2.24) is 15.5 Å². The largest absolute Gasteiger partial charge is 0.377 e. The van der Waals surface area contributed by atoms with Gasteiger partial charge in [0.1, 0.15) is 0 Å². The minimum Gasteiger partial charge on any atom is -0.377 e. The SMILES string of the molecule is CCN=C(NC1CCCC(C(=O)N(C)C)C1)NC1C2CCCOC2C1(C)C.I. The first kappa shape index (κ1) is 23.7. The van der Waals surface area contributed by atoms with Gasteiger partial charge in [-0.05, 0) is 39.0 Å². The molecule has 3 fully saturated rings. The van der Waals surface area contributed by atoms with Crippen molar-refractivity contribution in [1.29, 1.82) is 0 Å². The van der Waals surface area contributed by atoms with Crippen LogP contribution in [0.25, 0.3) is 0 Å². The van der Waals surface area contributed by atoms with E-state index >= 15 is 0 Å². The zero-order chi connectivity index (χ0) is 19.6. The zero-order valence-electron chi connectivity index (χ0n) is 18.2. The molecule has 2 aliphatic carbocycles. The molecule has 3 rings (SSSR count). The lowest BCUT2D eigenvalue weighted by Crippen LogP contribution is -2.71. The molecule has 0 radical (unpaired) electrons. The normalized spacial score (nSPS) is 34.3. The molecule has 1 amide bonds. The molecule has 1 aliphatic heterocycles. The van der Waals surface area contributed by atoms with Crippen LogP contribution in [0.3, 0.4) is 0 Å². The van der Waals surface area contributed by atoms with Crippen molar-refractivity contribution < 1.29 is 9.53 Å². The van der Waals surface area contributed by atoms with Crippen molar-refractivity contribution >= 4 is 35.8 Å². The lowest BCUT2D eigenvalue weighted by molar-refractivity contribution is -0.188. The van der Waals surface area contributed by atoms with Crippen LogP contribution >= 0.6 is 24.0 Å². The van der Waals surface area contributed by atoms with Crippen LogP contribution in [0.15, 0.2) is 4.99 Å². The molecule has 162 valence electrons. The second-order valence-electron chi connectivity index (χ2n) is 9.30. The van der Waals surface area contributed by atoms with Crippen LogP contribution < -0.4 is 10.6 Å². The van der Waals surface area contributed by atoms with Gasteiger partial charge in [0.15, 0.2) is 5.96 Å². The van der Waals surface area contributed by atoms with Gasteiger partial charge in [-0.2, -0.15) is 0 Å². The van der Waals surface area contributed by atoms with E-state index in [1.165, 1.54) is 6.42 Å². The van der Waals surface area contributed by atoms with Gasteiger partial charge in [0.05, 0.1) is 6.10 Å². The van der Waals surface area contributed by atoms with Crippen LogP contribution in [0.2, 0.25) is 0 Å². The minimum atomic E-state index is 0. The average Bonchev–Trinajstić information content (AvgIpc) is 2.65. The number of carbonyl (C=O) groups is 1. The fourth-order valence-corrected chi connectivity index (χ4v) is 5.36. The molecule has 2 saturated carbocycles. The topological polar surface area (TPSA) is 66.0 Å². The van der Waals surface area contributed by atoms with Crippen molar-refractivity contribution in [2.45, 2.75) is 77.5 Å². The number of guanidine groups is 1. The van der Waals surface area contributed by atoms with Crippen LogP contribution in [0.5, 0.6) is 0 Å². The Labute approximate surface area is 187 Å². The molecule has 0 bridgehead atoms. The van der Waals surface area contributed by atoms with Crippen molar-refractivity contribution in [3.8, 4) is 0 Å². The predicted octanol–water partition coefficient (Wildman–Crippen LogP) is 3.01. The number of nitrogens with zero attached hydrogens (tertiary/aromatic N) is 2. The third-order valence-corrected chi connectivity index (χ3v) is 6.74. The van der Waals surface area contributed by atoms with Crippen LogP contribution in [-0.4, -0.2) is 62.2 Å². The Kier molecular flexibility index (Phi) is 8.43. The van der Waals surface area contributed by atoms with E-state index in [4.69, 9.17) is 9.73 Å². The van der Waals surface area contributed by atoms with Gasteiger partial charge in [-0.15, -0.1) is 24.0 Å². The quantitative estimate of drug-likeness (QED) is 0.350. The lowest BCUT2D eigenvalue weighted by Gasteiger charge is -2.60. The van der Waals surface area contributed by atoms with Gasteiger partial charge in [0.25, 0.3) is 0 Å². The van der Waals surface area contributed by atoms with Crippen LogP contribution in [-0.2, 0) is 9.53 Å². The van der Waals surface area contributed by atoms with Crippen LogP contribution in [0.1, 0.15) is 59.3 Å². The average molecular weight is 506 g/mol. The molecule has 28 heavy (non-hydrogen) atoms. The summed E-state index contributed by atoms with van der Waals surface area (Å²) in [5, 5.41) is 7.36. The molecule has 2 N–H and O–H groups in total. The molecule has 0 aromatic heterocycles. The van der Waals surface area contributed by atoms with Gasteiger partial charge < -0.3 is 20.3 Å². The van der Waals surface area contributed by atoms with Gasteiger partial charge in [-0.1, -0.05) is 20.3 Å². The highest BCUT2D eigenvalue weighted by molar-refractivity contribution is 14.0. The molecule has 0 aromatic carbocycles. The van der Waals surface area contributed by atoms with Crippen LogP contribution in [0, 0.1) is 17.3 Å². The Balaban J connectivity index is 0.00000280. The maximum absolute atomic E-state index is 12.4. The highest BCUT2D eigenvalue weighted by Gasteiger charge is 2.58. The second-order valence-corrected chi connectivity index (χ2v) is 9.30. The van der Waals surface area contributed by atoms with E-state index in [1.807, 2.05) is 14.1 Å². The summed E-state index contributed by atoms with van der Waals surface area (Å²) < 4.78 is 6.03. The summed E-state index contributed by atoms with van der Waals surface area (Å²) in [4.78, 5) is 18.8. The third-order valence-electron chi connectivity index (χ3n) is 6.74. The lowest BCUT2D eigenvalue weighted by atomic mass is 9.55. The number of hydrogen-bond acceptors (Lipinski definition) is 3. The summed E-state index contributed by atoms with van der Waals surface area (Å²) in [5.41, 5.74) is 0.122. The summed E-state index contributed by atoms with van der Waals surface area (Å²) in [6.07, 6.45) is 6.83. The summed E-state index contributed by atoms with van der Waals surface area (Å²) in [6, 6.07) is 0.704. The molecule has 1 heterocycles. The molecular weight excluding hydrogens is 467 g/mol. The number of carbonyl (C=O) groups excluding carboxylic acids is 1. The molecule has 6 nitrogen and oxygen atoms in total. The first-order valence-corrected chi connectivity index (χ1v) is 10.7. The molecule has 0 spiro atoms. The van der Waals surface area contributed by atoms with Crippen molar-refractivity contribution in [2.24, 2.45) is 22.2 Å². The number of amides is 1. The van der Waals surface area contributed by atoms with E-state index in [-0.39, 0.29) is 41.2 Å². The summed E-state index contributed by atoms with van der Waals surface area (Å²) >= 11 is 0. The number of halogens is 1. The molecule has 5 unspecified atom stereocenters. The number of fused-ring (bicyclic) bond motifs is 1. The molecular formula is C21H39IN4O2. The van der Waals surface area contributed by atoms with Crippen molar-refractivity contribution in [3.63, 3.8) is 0 Å². The van der Waals surface area contributed by atoms with E-state index in [0.29, 0.717) is 24.1 Å². The van der Waals surface area contributed by atoms with Gasteiger partial charge >= 0.3 is 0 Å². The molecule has 1 saturated heterocycles. The maximum atomic E-state index is 12.4. The number of rotatable bonds is 4. The highest BCUT2D eigenvalue weighted by atomic mass is 127. The Morgan fingerprint density at radius 2 is 1.93 bits per heavy atom. The molecule has 3 aliphatic rings. The molecule has 7 heteroatoms. The van der Waals surface area contributed by atoms with Crippen molar-refractivity contribution in [2.75, 3.05) is 27.2 Å². The zero-order valence-corrected chi connectivity index (χ0v) is 20.5. The first-order chi connectivity index (χ1) is 12.8. The Bertz CT molecular complexity index is 567. The van der Waals surface area contributed by atoms with Gasteiger partial charge in [0.2, 0.25) is 5.91 Å². The summed E-state index contributed by atoms with van der Waals surface area (Å²) in [5.74, 6) is 1.87. The maximum Gasteiger partial charge on any atom is 0.225 e. The second kappa shape index (κ2) is 9.96. The van der Waals surface area contributed by atoms with E-state index in [2.05, 4.69) is 31.4 Å². The van der Waals surface area contributed by atoms with Gasteiger partial charge in [0, 0.05) is 56.6 Å². The number of ether oxygens (including phenoxy) is 1. The summed E-state index contributed by atoms with van der Waals surface area (Å²) in [7, 11) is 3.71. The first-order valence-electron chi connectivity index (χ1n) is 10.7. The molecule has 0 aromatic rings. The smallest absolute Gasteiger partial charge is 0.225 e. The number of nitrogens with one attached hydrogen (secondary N) is 2. The number of hydrogen-bond donors (Lipinski definition) is 2. The third kappa shape index (κ3) is 4.94. The van der Waals surface area contributed by atoms with Gasteiger partial charge in [-0.3, -0.25) is 9.79 Å². The fourth-order valence-electron chi connectivity index (χ4n) is 5.36. The van der Waals surface area contributed by atoms with Gasteiger partial charge in [-0.25, -0.2) is 0 Å². The summed E-state index contributed by atoms with van der Waals surface area (Å²) in [6.45, 7) is 8.32. The van der Waals surface area contributed by atoms with Crippen LogP contribution in [0.4, 0.5) is 0 Å². The van der Waals surface area contributed by atoms with Crippen molar-refractivity contribution in [3.05, 3.63) is 0 Å². The number of aliphatic imine (C=N–C) groups is 1. The Morgan fingerprint density at radius 1 is 1.18 bits per heavy atom. The predicted molar refractivity (Wildman–Crippen MR) is 124 cm³/mol. The van der Waals surface area contributed by atoms with E-state index in [9.17, 15) is 4.79 Å². The molecule has 5 atom stereocenters. The fraction of sp³-hybridized carbons (Fsp3) is 0.905. The monoisotopic (exact) mass is 506 g/mol. The Morgan fingerprint density at radius 3 is 2.61 bits per heavy atom. The highest BCUT2D eigenvalue weighted by Crippen LogP contribution is 2.51. The standard InChI is InChI=1S/C21H38N4O2.HI/c1-6-22-20(23-15-10-7-9-14(13-15)19(26)25(4)5)24-17-16-11-8-12-27-18(16)21(17,2)3;/h14-18H,6-13H2,1-5H3,(H2,22,23,24);1H.